The van der Waals surface area contributed by atoms with Gasteiger partial charge in [0, 0.05) is 11.6 Å². The van der Waals surface area contributed by atoms with E-state index in [0.717, 1.165) is 18.4 Å². The molecule has 15 heteroatoms. The van der Waals surface area contributed by atoms with Crippen molar-refractivity contribution in [1.82, 2.24) is 14.6 Å². The average Bonchev–Trinajstić information content (AvgIpc) is 3.71. The molecule has 6 atom stereocenters. The average molecular weight is 811 g/mol. The summed E-state index contributed by atoms with van der Waals surface area (Å²) in [7, 11) is -4.65. The fraction of sp³-hybridized carbons (Fsp3) is 0.700. The first-order chi connectivity index (χ1) is 26.6. The molecule has 1 aliphatic heterocycles. The first-order valence-corrected chi connectivity index (χ1v) is 22.1. The summed E-state index contributed by atoms with van der Waals surface area (Å²) in [4.78, 5) is 14.5. The van der Waals surface area contributed by atoms with E-state index in [0.29, 0.717) is 22.8 Å². The number of nitrogens with zero attached hydrogens (tertiary/aromatic N) is 3. The number of phosphoric ester groups is 1. The van der Waals surface area contributed by atoms with Crippen LogP contribution in [0.15, 0.2) is 42.7 Å². The van der Waals surface area contributed by atoms with E-state index in [4.69, 9.17) is 40.6 Å². The number of halogens is 1. The molecule has 4 rings (SSSR count). The summed E-state index contributed by atoms with van der Waals surface area (Å²) in [5, 5.41) is 26.6. The zero-order valence-electron chi connectivity index (χ0n) is 32.7. The smallest absolute Gasteiger partial charge is 0.387 e. The minimum absolute atomic E-state index is 0.136. The largest absolute Gasteiger partial charge is 0.472 e. The Bertz CT molecular complexity index is 1580. The molecule has 3 aromatic rings. The van der Waals surface area contributed by atoms with Crippen molar-refractivity contribution in [3.8, 4) is 0 Å². The van der Waals surface area contributed by atoms with E-state index < -0.39 is 44.4 Å². The Balaban J connectivity index is 1.15. The van der Waals surface area contributed by atoms with Crippen molar-refractivity contribution in [3.05, 3.63) is 59.0 Å². The van der Waals surface area contributed by atoms with Gasteiger partial charge in [-0.25, -0.2) is 14.1 Å². The van der Waals surface area contributed by atoms with Crippen LogP contribution in [-0.4, -0.2) is 80.5 Å². The molecule has 0 radical (unpaired) electrons. The lowest BCUT2D eigenvalue weighted by Gasteiger charge is -2.27. The fourth-order valence-electron chi connectivity index (χ4n) is 6.97. The second-order valence-electron chi connectivity index (χ2n) is 14.8. The van der Waals surface area contributed by atoms with Gasteiger partial charge in [-0.05, 0) is 37.1 Å². The Morgan fingerprint density at radius 1 is 0.909 bits per heavy atom. The summed E-state index contributed by atoms with van der Waals surface area (Å²) in [5.41, 5.74) is 6.17. The van der Waals surface area contributed by atoms with Gasteiger partial charge >= 0.3 is 7.82 Å². The second kappa shape index (κ2) is 23.9. The molecule has 55 heavy (non-hydrogen) atoms. The highest BCUT2D eigenvalue weighted by Gasteiger charge is 2.54. The van der Waals surface area contributed by atoms with Crippen molar-refractivity contribution in [2.75, 3.05) is 32.2 Å². The van der Waals surface area contributed by atoms with E-state index in [1.165, 1.54) is 101 Å². The maximum Gasteiger partial charge on any atom is 0.472 e. The topological polar surface area (TPSA) is 180 Å². The predicted molar refractivity (Wildman–Crippen MR) is 214 cm³/mol. The van der Waals surface area contributed by atoms with Crippen molar-refractivity contribution in [2.24, 2.45) is 0 Å². The molecular formula is C40H64ClN4O9P. The van der Waals surface area contributed by atoms with Gasteiger partial charge in [0.1, 0.15) is 41.9 Å². The Kier molecular flexibility index (Phi) is 19.8. The van der Waals surface area contributed by atoms with E-state index in [1.807, 2.05) is 18.2 Å². The van der Waals surface area contributed by atoms with Gasteiger partial charge < -0.3 is 35.1 Å². The van der Waals surface area contributed by atoms with Gasteiger partial charge in [0.25, 0.3) is 0 Å². The molecule has 0 spiro atoms. The van der Waals surface area contributed by atoms with Crippen LogP contribution in [-0.2, 0) is 40.0 Å². The molecule has 13 nitrogen and oxygen atoms in total. The number of aromatic nitrogens is 3. The fourth-order valence-corrected chi connectivity index (χ4v) is 7.93. The number of phosphoric acid groups is 1. The predicted octanol–water partition coefficient (Wildman–Crippen LogP) is 8.30. The zero-order chi connectivity index (χ0) is 39.5. The van der Waals surface area contributed by atoms with Crippen LogP contribution in [0.5, 0.6) is 0 Å². The van der Waals surface area contributed by atoms with Crippen molar-refractivity contribution < 1.29 is 42.9 Å². The normalized spacial score (nSPS) is 21.7. The van der Waals surface area contributed by atoms with Gasteiger partial charge in [0.2, 0.25) is 0 Å². The number of nitrogen functional groups attached to an aromatic ring is 1. The summed E-state index contributed by atoms with van der Waals surface area (Å²) < 4.78 is 43.0. The summed E-state index contributed by atoms with van der Waals surface area (Å²) >= 11 is 6.32. The molecule has 1 aliphatic rings. The van der Waals surface area contributed by atoms with Gasteiger partial charge in [-0.15, -0.1) is 0 Å². The molecule has 0 bridgehead atoms. The van der Waals surface area contributed by atoms with Crippen molar-refractivity contribution in [2.45, 2.75) is 153 Å². The van der Waals surface area contributed by atoms with Crippen LogP contribution in [0.2, 0.25) is 5.02 Å². The SMILES string of the molecule is CCCCCCCCCCCCCCCCCCOC[C@H](COP(=O)(O)OC[C@H]1O[C@@](C)(c2ccc3c(N)ncnn23)[C@H](O)[C@@H]1O)OCc1ccccc1Cl. The Labute approximate surface area is 331 Å². The Hall–Kier alpha value is -2.16. The van der Waals surface area contributed by atoms with Crippen LogP contribution in [0.1, 0.15) is 128 Å². The van der Waals surface area contributed by atoms with Crippen LogP contribution < -0.4 is 5.73 Å². The van der Waals surface area contributed by atoms with Crippen LogP contribution >= 0.6 is 19.4 Å². The quantitative estimate of drug-likeness (QED) is 0.0390. The minimum atomic E-state index is -4.65. The zero-order valence-corrected chi connectivity index (χ0v) is 34.4. The highest BCUT2D eigenvalue weighted by Crippen LogP contribution is 2.46. The first kappa shape index (κ1) is 45.5. The summed E-state index contributed by atoms with van der Waals surface area (Å²) in [6.07, 6.45) is 17.2. The summed E-state index contributed by atoms with van der Waals surface area (Å²) in [6.45, 7) is 3.82. The molecule has 5 N–H and O–H groups in total. The molecule has 1 saturated heterocycles. The van der Waals surface area contributed by atoms with Gasteiger partial charge in [0.15, 0.2) is 5.82 Å². The van der Waals surface area contributed by atoms with Crippen LogP contribution in [0.3, 0.4) is 0 Å². The van der Waals surface area contributed by atoms with Crippen molar-refractivity contribution >= 4 is 30.8 Å². The molecule has 2 aromatic heterocycles. The van der Waals surface area contributed by atoms with E-state index in [-0.39, 0.29) is 25.6 Å². The second-order valence-corrected chi connectivity index (χ2v) is 16.7. The number of unbranched alkanes of at least 4 members (excludes halogenated alkanes) is 15. The van der Waals surface area contributed by atoms with Gasteiger partial charge in [-0.2, -0.15) is 5.10 Å². The molecular weight excluding hydrogens is 747 g/mol. The van der Waals surface area contributed by atoms with Crippen molar-refractivity contribution in [1.29, 1.82) is 0 Å². The first-order valence-electron chi connectivity index (χ1n) is 20.2. The van der Waals surface area contributed by atoms with Crippen LogP contribution in [0.4, 0.5) is 5.82 Å². The number of hydrogen-bond donors (Lipinski definition) is 4. The van der Waals surface area contributed by atoms with Gasteiger partial charge in [-0.3, -0.25) is 9.05 Å². The number of aliphatic hydroxyl groups excluding tert-OH is 2. The van der Waals surface area contributed by atoms with E-state index in [9.17, 15) is 19.7 Å². The molecule has 1 fully saturated rings. The van der Waals surface area contributed by atoms with Crippen LogP contribution in [0, 0.1) is 0 Å². The van der Waals surface area contributed by atoms with E-state index in [1.54, 1.807) is 25.1 Å². The number of hydrogen-bond acceptors (Lipinski definition) is 11. The maximum atomic E-state index is 13.0. The number of fused-ring (bicyclic) bond motifs is 1. The van der Waals surface area contributed by atoms with Gasteiger partial charge in [0.05, 0.1) is 32.1 Å². The third-order valence-corrected chi connectivity index (χ3v) is 11.7. The Morgan fingerprint density at radius 2 is 1.53 bits per heavy atom. The number of nitrogens with two attached hydrogens (primary N) is 1. The monoisotopic (exact) mass is 810 g/mol. The molecule has 310 valence electrons. The molecule has 0 saturated carbocycles. The molecule has 3 heterocycles. The van der Waals surface area contributed by atoms with Gasteiger partial charge in [-0.1, -0.05) is 133 Å². The minimum Gasteiger partial charge on any atom is -0.387 e. The van der Waals surface area contributed by atoms with E-state index in [2.05, 4.69) is 17.0 Å². The maximum absolute atomic E-state index is 13.0. The Morgan fingerprint density at radius 3 is 2.16 bits per heavy atom. The third kappa shape index (κ3) is 14.6. The molecule has 1 unspecified atom stereocenters. The van der Waals surface area contributed by atoms with Crippen LogP contribution in [0.25, 0.3) is 5.52 Å². The third-order valence-electron chi connectivity index (χ3n) is 10.4. The summed E-state index contributed by atoms with van der Waals surface area (Å²) in [6, 6.07) is 10.6. The number of ether oxygens (including phenoxy) is 3. The molecule has 0 amide bonds. The highest BCUT2D eigenvalue weighted by molar-refractivity contribution is 7.47. The molecule has 1 aromatic carbocycles. The summed E-state index contributed by atoms with van der Waals surface area (Å²) in [5.74, 6) is 0.232. The lowest BCUT2D eigenvalue weighted by atomic mass is 9.93. The number of rotatable bonds is 29. The van der Waals surface area contributed by atoms with Crippen molar-refractivity contribution in [3.63, 3.8) is 0 Å². The number of aliphatic hydroxyl groups is 2. The standard InChI is InChI=1S/C40H64ClN4O9P/c1-3-4-5-6-7-8-9-10-11-12-13-14-15-16-17-20-25-50-27-32(51-26-31-21-18-19-22-33(31)41)28-52-55(48,49)53-29-35-37(46)38(47)40(2,54-35)36-24-23-34-39(42)43-30-44-45(34)36/h18-19,21-24,30,32,35,37-38,46-47H,3-17,20,25-29H2,1-2H3,(H,48,49)(H2,42,43,44)/t32-,35-,37-,38-,40+/m1/s1. The lowest BCUT2D eigenvalue weighted by Crippen LogP contribution is -2.39. The highest BCUT2D eigenvalue weighted by atomic mass is 35.5. The van der Waals surface area contributed by atoms with E-state index >= 15 is 0 Å². The molecule has 0 aliphatic carbocycles. The lowest BCUT2D eigenvalue weighted by molar-refractivity contribution is -0.0901. The number of benzene rings is 1. The number of anilines is 1.